The molecule has 94 valence electrons. The van der Waals surface area contributed by atoms with Crippen molar-refractivity contribution in [3.63, 3.8) is 0 Å². The minimum Gasteiger partial charge on any atom is -0.466 e. The van der Waals surface area contributed by atoms with Crippen molar-refractivity contribution in [2.24, 2.45) is 0 Å². The first-order valence-corrected chi connectivity index (χ1v) is 5.29. The van der Waals surface area contributed by atoms with Gasteiger partial charge in [0, 0.05) is 5.02 Å². The Morgan fingerprint density at radius 1 is 1.47 bits per heavy atom. The molecule has 3 nitrogen and oxygen atoms in total. The van der Waals surface area contributed by atoms with Crippen molar-refractivity contribution in [1.29, 1.82) is 0 Å². The molecule has 0 heterocycles. The highest BCUT2D eigenvalue weighted by Gasteiger charge is 2.11. The average Bonchev–Trinajstić information content (AvgIpc) is 2.22. The van der Waals surface area contributed by atoms with Gasteiger partial charge in [-0.3, -0.25) is 4.79 Å². The molecule has 0 aliphatic heterocycles. The monoisotopic (exact) mass is 264 g/mol. The van der Waals surface area contributed by atoms with Gasteiger partial charge in [0.1, 0.15) is 5.75 Å². The van der Waals surface area contributed by atoms with Crippen LogP contribution in [0.5, 0.6) is 5.75 Å². The molecule has 0 bridgehead atoms. The molecule has 0 saturated carbocycles. The van der Waals surface area contributed by atoms with Gasteiger partial charge in [0.05, 0.1) is 13.0 Å². The molecule has 1 rings (SSSR count). The van der Waals surface area contributed by atoms with Gasteiger partial charge < -0.3 is 9.47 Å². The minimum atomic E-state index is -2.91. The van der Waals surface area contributed by atoms with E-state index in [1.54, 1.807) is 6.92 Å². The highest BCUT2D eigenvalue weighted by Crippen LogP contribution is 2.24. The quantitative estimate of drug-likeness (QED) is 0.767. The number of benzene rings is 1. The summed E-state index contributed by atoms with van der Waals surface area (Å²) in [6.07, 6.45) is -0.0763. The summed E-state index contributed by atoms with van der Waals surface area (Å²) in [5, 5.41) is 0.305. The lowest BCUT2D eigenvalue weighted by Gasteiger charge is -2.08. The first kappa shape index (κ1) is 13.7. The molecule has 0 unspecified atom stereocenters. The molecule has 0 spiro atoms. The summed E-state index contributed by atoms with van der Waals surface area (Å²) < 4.78 is 32.9. The summed E-state index contributed by atoms with van der Waals surface area (Å²) in [6, 6.07) is 4.00. The maximum absolute atomic E-state index is 12.0. The predicted octanol–water partition coefficient (Wildman–Crippen LogP) is 3.05. The van der Waals surface area contributed by atoms with Crippen LogP contribution in [-0.4, -0.2) is 19.2 Å². The SMILES string of the molecule is CCOC(=O)Cc1cc(OC(F)F)ccc1Cl. The van der Waals surface area contributed by atoms with Gasteiger partial charge in [-0.15, -0.1) is 0 Å². The van der Waals surface area contributed by atoms with Crippen LogP contribution >= 0.6 is 11.6 Å². The Morgan fingerprint density at radius 2 is 2.18 bits per heavy atom. The molecular formula is C11H11ClF2O3. The third kappa shape index (κ3) is 4.56. The first-order chi connectivity index (χ1) is 8.02. The molecule has 6 heteroatoms. The largest absolute Gasteiger partial charge is 0.466 e. The van der Waals surface area contributed by atoms with E-state index in [1.807, 2.05) is 0 Å². The second-order valence-corrected chi connectivity index (χ2v) is 3.52. The maximum atomic E-state index is 12.0. The molecular weight excluding hydrogens is 254 g/mol. The minimum absolute atomic E-state index is 0.0382. The van der Waals surface area contributed by atoms with Crippen LogP contribution in [0.3, 0.4) is 0 Å². The Hall–Kier alpha value is -1.36. The molecule has 0 fully saturated rings. The molecule has 0 aliphatic carbocycles. The first-order valence-electron chi connectivity index (χ1n) is 4.91. The van der Waals surface area contributed by atoms with Gasteiger partial charge in [-0.25, -0.2) is 0 Å². The van der Waals surface area contributed by atoms with E-state index in [4.69, 9.17) is 16.3 Å². The summed E-state index contributed by atoms with van der Waals surface area (Å²) in [4.78, 5) is 11.2. The molecule has 0 aliphatic rings. The zero-order chi connectivity index (χ0) is 12.8. The van der Waals surface area contributed by atoms with E-state index in [-0.39, 0.29) is 18.8 Å². The number of carbonyl (C=O) groups excluding carboxylic acids is 1. The van der Waals surface area contributed by atoms with Gasteiger partial charge in [0.2, 0.25) is 0 Å². The number of rotatable bonds is 5. The number of esters is 1. The Kier molecular flexibility index (Phi) is 5.15. The van der Waals surface area contributed by atoms with Crippen LogP contribution in [0.25, 0.3) is 0 Å². The van der Waals surface area contributed by atoms with Crippen molar-refractivity contribution in [2.45, 2.75) is 20.0 Å². The molecule has 0 amide bonds. The average molecular weight is 265 g/mol. The van der Waals surface area contributed by atoms with E-state index >= 15 is 0 Å². The molecule has 0 saturated heterocycles. The van der Waals surface area contributed by atoms with Crippen LogP contribution in [0.1, 0.15) is 12.5 Å². The van der Waals surface area contributed by atoms with Crippen LogP contribution in [0.2, 0.25) is 5.02 Å². The van der Waals surface area contributed by atoms with Crippen molar-refractivity contribution >= 4 is 17.6 Å². The molecule has 17 heavy (non-hydrogen) atoms. The zero-order valence-electron chi connectivity index (χ0n) is 9.08. The molecule has 0 radical (unpaired) electrons. The van der Waals surface area contributed by atoms with Crippen LogP contribution in [0, 0.1) is 0 Å². The van der Waals surface area contributed by atoms with E-state index < -0.39 is 12.6 Å². The third-order valence-corrected chi connectivity index (χ3v) is 2.25. The fourth-order valence-corrected chi connectivity index (χ4v) is 1.41. The predicted molar refractivity (Wildman–Crippen MR) is 58.4 cm³/mol. The molecule has 1 aromatic carbocycles. The van der Waals surface area contributed by atoms with Crippen molar-refractivity contribution < 1.29 is 23.0 Å². The second-order valence-electron chi connectivity index (χ2n) is 3.11. The van der Waals surface area contributed by atoms with Crippen molar-refractivity contribution in [2.75, 3.05) is 6.61 Å². The summed E-state index contributed by atoms with van der Waals surface area (Å²) in [6.45, 7) is -0.980. The maximum Gasteiger partial charge on any atom is 0.387 e. The third-order valence-electron chi connectivity index (χ3n) is 1.88. The lowest BCUT2D eigenvalue weighted by Crippen LogP contribution is -2.08. The number of ether oxygens (including phenoxy) is 2. The smallest absolute Gasteiger partial charge is 0.387 e. The van der Waals surface area contributed by atoms with Crippen LogP contribution < -0.4 is 4.74 Å². The van der Waals surface area contributed by atoms with Crippen LogP contribution in [0.4, 0.5) is 8.78 Å². The summed E-state index contributed by atoms with van der Waals surface area (Å²) in [5.74, 6) is -0.507. The topological polar surface area (TPSA) is 35.5 Å². The Balaban J connectivity index is 2.79. The van der Waals surface area contributed by atoms with Crippen LogP contribution in [-0.2, 0) is 16.0 Å². The van der Waals surface area contributed by atoms with Gasteiger partial charge in [0.25, 0.3) is 0 Å². The van der Waals surface area contributed by atoms with Gasteiger partial charge in [-0.05, 0) is 30.7 Å². The summed E-state index contributed by atoms with van der Waals surface area (Å²) in [5.41, 5.74) is 0.392. The van der Waals surface area contributed by atoms with Crippen LogP contribution in [0.15, 0.2) is 18.2 Å². The van der Waals surface area contributed by atoms with E-state index in [9.17, 15) is 13.6 Å². The number of carbonyl (C=O) groups is 1. The normalized spacial score (nSPS) is 10.4. The standard InChI is InChI=1S/C11H11ClF2O3/c1-2-16-10(15)6-7-5-8(17-11(13)14)3-4-9(7)12/h3-5,11H,2,6H2,1H3. The number of halogens is 3. The van der Waals surface area contributed by atoms with E-state index in [0.29, 0.717) is 10.6 Å². The van der Waals surface area contributed by atoms with Gasteiger partial charge in [-0.2, -0.15) is 8.78 Å². The van der Waals surface area contributed by atoms with Crippen molar-refractivity contribution in [3.05, 3.63) is 28.8 Å². The zero-order valence-corrected chi connectivity index (χ0v) is 9.84. The lowest BCUT2D eigenvalue weighted by molar-refractivity contribution is -0.142. The second kappa shape index (κ2) is 6.39. The Morgan fingerprint density at radius 3 is 2.76 bits per heavy atom. The number of hydrogen-bond acceptors (Lipinski definition) is 3. The molecule has 1 aromatic rings. The number of alkyl halides is 2. The van der Waals surface area contributed by atoms with Crippen molar-refractivity contribution in [1.82, 2.24) is 0 Å². The van der Waals surface area contributed by atoms with Gasteiger partial charge in [-0.1, -0.05) is 11.6 Å². The molecule has 0 N–H and O–H groups in total. The van der Waals surface area contributed by atoms with Crippen molar-refractivity contribution in [3.8, 4) is 5.75 Å². The molecule has 0 aromatic heterocycles. The van der Waals surface area contributed by atoms with Gasteiger partial charge in [0.15, 0.2) is 0 Å². The lowest BCUT2D eigenvalue weighted by atomic mass is 10.1. The fourth-order valence-electron chi connectivity index (χ4n) is 1.23. The highest BCUT2D eigenvalue weighted by molar-refractivity contribution is 6.31. The van der Waals surface area contributed by atoms with E-state index in [2.05, 4.69) is 4.74 Å². The molecule has 0 atom stereocenters. The van der Waals surface area contributed by atoms with E-state index in [1.165, 1.54) is 18.2 Å². The number of hydrogen-bond donors (Lipinski definition) is 0. The Labute approximate surface area is 102 Å². The Bertz CT molecular complexity index is 396. The summed E-state index contributed by atoms with van der Waals surface area (Å²) >= 11 is 5.83. The van der Waals surface area contributed by atoms with Gasteiger partial charge >= 0.3 is 12.6 Å². The van der Waals surface area contributed by atoms with E-state index in [0.717, 1.165) is 0 Å². The highest BCUT2D eigenvalue weighted by atomic mass is 35.5. The summed E-state index contributed by atoms with van der Waals surface area (Å²) in [7, 11) is 0. The fraction of sp³-hybridized carbons (Fsp3) is 0.364.